The van der Waals surface area contributed by atoms with Gasteiger partial charge in [-0.3, -0.25) is 0 Å². The third kappa shape index (κ3) is 4.00. The first-order valence-corrected chi connectivity index (χ1v) is 9.57. The second kappa shape index (κ2) is 7.11. The average molecular weight is 364 g/mol. The molecule has 0 unspecified atom stereocenters. The maximum absolute atomic E-state index is 13.8. The van der Waals surface area contributed by atoms with E-state index >= 15 is 0 Å². The van der Waals surface area contributed by atoms with Crippen LogP contribution in [0.5, 0.6) is 11.5 Å². The fourth-order valence-electron chi connectivity index (χ4n) is 2.91. The summed E-state index contributed by atoms with van der Waals surface area (Å²) in [5, 5.41) is 3.11. The average Bonchev–Trinajstić information content (AvgIpc) is 2.56. The van der Waals surface area contributed by atoms with Crippen LogP contribution in [0.4, 0.5) is 4.39 Å². The Bertz CT molecular complexity index is 858. The van der Waals surface area contributed by atoms with Crippen molar-refractivity contribution < 1.29 is 17.5 Å². The Hall–Kier alpha value is -1.96. The number of ether oxygens (including phenoxy) is 1. The van der Waals surface area contributed by atoms with E-state index in [1.165, 1.54) is 16.4 Å². The molecule has 0 amide bonds. The molecule has 0 radical (unpaired) electrons. The Morgan fingerprint density at radius 2 is 1.68 bits per heavy atom. The summed E-state index contributed by atoms with van der Waals surface area (Å²) in [6.07, 6.45) is 0. The van der Waals surface area contributed by atoms with Crippen molar-refractivity contribution in [3.8, 4) is 11.5 Å². The fraction of sp³-hybridized carbons (Fsp3) is 0.333. The molecule has 0 atom stereocenters. The number of aryl methyl sites for hydroxylation is 2. The lowest BCUT2D eigenvalue weighted by Gasteiger charge is -2.27. The van der Waals surface area contributed by atoms with Crippen LogP contribution in [0.25, 0.3) is 0 Å². The number of hydrogen-bond acceptors (Lipinski definition) is 4. The van der Waals surface area contributed by atoms with Crippen molar-refractivity contribution in [2.24, 2.45) is 0 Å². The highest BCUT2D eigenvalue weighted by Gasteiger charge is 2.29. The molecule has 1 N–H and O–H groups in total. The summed E-state index contributed by atoms with van der Waals surface area (Å²) in [4.78, 5) is -0.145. The van der Waals surface area contributed by atoms with Crippen LogP contribution >= 0.6 is 0 Å². The van der Waals surface area contributed by atoms with Crippen LogP contribution in [0.2, 0.25) is 0 Å². The van der Waals surface area contributed by atoms with Gasteiger partial charge in [-0.05, 0) is 55.3 Å². The zero-order valence-corrected chi connectivity index (χ0v) is 15.1. The van der Waals surface area contributed by atoms with Crippen LogP contribution in [0.15, 0.2) is 41.3 Å². The van der Waals surface area contributed by atoms with Gasteiger partial charge in [-0.2, -0.15) is 4.31 Å². The maximum atomic E-state index is 13.8. The lowest BCUT2D eigenvalue weighted by Crippen LogP contribution is -2.46. The number of nitrogens with one attached hydrogen (secondary N) is 1. The highest BCUT2D eigenvalue weighted by atomic mass is 32.2. The van der Waals surface area contributed by atoms with Crippen molar-refractivity contribution in [3.05, 3.63) is 53.3 Å². The van der Waals surface area contributed by atoms with Crippen LogP contribution in [0, 0.1) is 19.7 Å². The van der Waals surface area contributed by atoms with Crippen LogP contribution in [0.1, 0.15) is 11.1 Å². The molecular formula is C18H21FN2O3S. The minimum atomic E-state index is -3.83. The number of benzene rings is 2. The predicted octanol–water partition coefficient (Wildman–Crippen LogP) is 2.83. The molecule has 0 bridgehead atoms. The van der Waals surface area contributed by atoms with Gasteiger partial charge >= 0.3 is 0 Å². The predicted molar refractivity (Wildman–Crippen MR) is 94.0 cm³/mol. The van der Waals surface area contributed by atoms with Crippen molar-refractivity contribution >= 4 is 10.0 Å². The van der Waals surface area contributed by atoms with Gasteiger partial charge in [0.05, 0.1) is 0 Å². The molecule has 2 aromatic rings. The minimum absolute atomic E-state index is 0.130. The zero-order chi connectivity index (χ0) is 18.0. The first kappa shape index (κ1) is 17.8. The Labute approximate surface area is 147 Å². The van der Waals surface area contributed by atoms with Gasteiger partial charge in [0.25, 0.3) is 0 Å². The molecule has 0 spiro atoms. The van der Waals surface area contributed by atoms with Gasteiger partial charge in [-0.25, -0.2) is 12.8 Å². The number of nitrogens with zero attached hydrogens (tertiary/aromatic N) is 1. The first-order valence-electron chi connectivity index (χ1n) is 8.13. The lowest BCUT2D eigenvalue weighted by atomic mass is 10.1. The molecule has 0 saturated carbocycles. The highest BCUT2D eigenvalue weighted by molar-refractivity contribution is 7.89. The largest absolute Gasteiger partial charge is 0.456 e. The summed E-state index contributed by atoms with van der Waals surface area (Å²) in [7, 11) is -3.83. The molecule has 1 aliphatic heterocycles. The molecule has 1 aliphatic rings. The van der Waals surface area contributed by atoms with Gasteiger partial charge in [0, 0.05) is 26.2 Å². The lowest BCUT2D eigenvalue weighted by molar-refractivity contribution is 0.357. The van der Waals surface area contributed by atoms with Gasteiger partial charge in [-0.15, -0.1) is 0 Å². The van der Waals surface area contributed by atoms with Gasteiger partial charge in [-0.1, -0.05) is 6.07 Å². The van der Waals surface area contributed by atoms with Crippen molar-refractivity contribution in [2.75, 3.05) is 26.2 Å². The minimum Gasteiger partial charge on any atom is -0.456 e. The van der Waals surface area contributed by atoms with E-state index in [4.69, 9.17) is 4.74 Å². The maximum Gasteiger partial charge on any atom is 0.246 e. The standard InChI is InChI=1S/C18H21FN2O3S/c1-13-9-14(2)11-16(10-13)24-17-4-3-15(19)12-18(17)25(22,23)21-7-5-20-6-8-21/h3-4,9-12,20H,5-8H2,1-2H3. The number of hydrogen-bond donors (Lipinski definition) is 1. The van der Waals surface area contributed by atoms with Gasteiger partial charge in [0.1, 0.15) is 22.2 Å². The highest BCUT2D eigenvalue weighted by Crippen LogP contribution is 2.32. The van der Waals surface area contributed by atoms with Gasteiger partial charge < -0.3 is 10.1 Å². The molecule has 1 heterocycles. The van der Waals surface area contributed by atoms with Crippen LogP contribution in [0.3, 0.4) is 0 Å². The fourth-order valence-corrected chi connectivity index (χ4v) is 4.48. The van der Waals surface area contributed by atoms with E-state index in [1.54, 1.807) is 0 Å². The van der Waals surface area contributed by atoms with Crippen LogP contribution in [-0.4, -0.2) is 38.9 Å². The Morgan fingerprint density at radius 1 is 1.04 bits per heavy atom. The summed E-state index contributed by atoms with van der Waals surface area (Å²) in [5.74, 6) is 0.0484. The second-order valence-corrected chi connectivity index (χ2v) is 8.08. The summed E-state index contributed by atoms with van der Waals surface area (Å²) < 4.78 is 46.8. The first-order chi connectivity index (χ1) is 11.9. The van der Waals surface area contributed by atoms with Crippen LogP contribution < -0.4 is 10.1 Å². The van der Waals surface area contributed by atoms with Crippen molar-refractivity contribution in [3.63, 3.8) is 0 Å². The Kier molecular flexibility index (Phi) is 5.08. The van der Waals surface area contributed by atoms with E-state index in [9.17, 15) is 12.8 Å². The third-order valence-corrected chi connectivity index (χ3v) is 5.94. The SMILES string of the molecule is Cc1cc(C)cc(Oc2ccc(F)cc2S(=O)(=O)N2CCNCC2)c1. The van der Waals surface area contributed by atoms with Crippen molar-refractivity contribution in [2.45, 2.75) is 18.7 Å². The molecule has 0 aliphatic carbocycles. The molecule has 7 heteroatoms. The van der Waals surface area contributed by atoms with Gasteiger partial charge in [0.2, 0.25) is 10.0 Å². The van der Waals surface area contributed by atoms with E-state index in [0.29, 0.717) is 31.9 Å². The number of rotatable bonds is 4. The monoisotopic (exact) mass is 364 g/mol. The number of piperazine rings is 1. The third-order valence-electron chi connectivity index (χ3n) is 4.02. The molecule has 2 aromatic carbocycles. The second-order valence-electron chi connectivity index (χ2n) is 6.17. The van der Waals surface area contributed by atoms with Crippen LogP contribution in [-0.2, 0) is 10.0 Å². The van der Waals surface area contributed by atoms with E-state index in [-0.39, 0.29) is 10.6 Å². The summed E-state index contributed by atoms with van der Waals surface area (Å²) >= 11 is 0. The summed E-state index contributed by atoms with van der Waals surface area (Å²) in [5.41, 5.74) is 2.01. The molecule has 5 nitrogen and oxygen atoms in total. The topological polar surface area (TPSA) is 58.6 Å². The Balaban J connectivity index is 2.00. The summed E-state index contributed by atoms with van der Waals surface area (Å²) in [6, 6.07) is 9.22. The number of sulfonamides is 1. The summed E-state index contributed by atoms with van der Waals surface area (Å²) in [6.45, 7) is 5.71. The molecule has 1 fully saturated rings. The molecule has 0 aromatic heterocycles. The quantitative estimate of drug-likeness (QED) is 0.906. The smallest absolute Gasteiger partial charge is 0.246 e. The van der Waals surface area contributed by atoms with Gasteiger partial charge in [0.15, 0.2) is 0 Å². The van der Waals surface area contributed by atoms with E-state index in [0.717, 1.165) is 17.2 Å². The normalized spacial score (nSPS) is 16.0. The molecule has 1 saturated heterocycles. The number of halogens is 1. The van der Waals surface area contributed by atoms with E-state index < -0.39 is 15.8 Å². The van der Waals surface area contributed by atoms with E-state index in [1.807, 2.05) is 32.0 Å². The zero-order valence-electron chi connectivity index (χ0n) is 14.3. The molecule has 25 heavy (non-hydrogen) atoms. The van der Waals surface area contributed by atoms with Crippen molar-refractivity contribution in [1.82, 2.24) is 9.62 Å². The molecular weight excluding hydrogens is 343 g/mol. The van der Waals surface area contributed by atoms with E-state index in [2.05, 4.69) is 5.32 Å². The molecule has 134 valence electrons. The molecule has 3 rings (SSSR count). The van der Waals surface area contributed by atoms with Crippen molar-refractivity contribution in [1.29, 1.82) is 0 Å². The Morgan fingerprint density at radius 3 is 2.32 bits per heavy atom.